The van der Waals surface area contributed by atoms with E-state index in [2.05, 4.69) is 10.3 Å². The van der Waals surface area contributed by atoms with Crippen LogP contribution in [0.3, 0.4) is 0 Å². The second kappa shape index (κ2) is 3.95. The van der Waals surface area contributed by atoms with E-state index in [0.717, 1.165) is 0 Å². The Labute approximate surface area is 86.0 Å². The zero-order valence-corrected chi connectivity index (χ0v) is 8.02. The fraction of sp³-hybridized carbons (Fsp3) is 0.714. The van der Waals surface area contributed by atoms with Gasteiger partial charge in [0.05, 0.1) is 0 Å². The highest BCUT2D eigenvalue weighted by Gasteiger charge is 2.48. The first-order valence-electron chi connectivity index (χ1n) is 4.25. The summed E-state index contributed by atoms with van der Waals surface area (Å²) in [7, 11) is 0. The van der Waals surface area contributed by atoms with Gasteiger partial charge in [0.15, 0.2) is 11.4 Å². The van der Waals surface area contributed by atoms with Crippen LogP contribution < -0.4 is 0 Å². The molecule has 0 saturated carbocycles. The van der Waals surface area contributed by atoms with E-state index < -0.39 is 23.7 Å². The summed E-state index contributed by atoms with van der Waals surface area (Å²) in [6.07, 6.45) is -10.1. The first kappa shape index (κ1) is 12.8. The first-order valence-corrected chi connectivity index (χ1v) is 4.25. The second-order valence-corrected chi connectivity index (χ2v) is 3.01. The summed E-state index contributed by atoms with van der Waals surface area (Å²) in [5.74, 6) is 0. The van der Waals surface area contributed by atoms with E-state index >= 15 is 0 Å². The monoisotopic (exact) mass is 247 g/mol. The Kier molecular flexibility index (Phi) is 3.15. The van der Waals surface area contributed by atoms with E-state index in [-0.39, 0.29) is 17.6 Å². The Balaban J connectivity index is 3.31. The molecule has 16 heavy (non-hydrogen) atoms. The van der Waals surface area contributed by atoms with Gasteiger partial charge in [0.2, 0.25) is 0 Å². The quantitative estimate of drug-likeness (QED) is 0.752. The topological polar surface area (TPSA) is 30.7 Å². The van der Waals surface area contributed by atoms with Crippen LogP contribution in [0.15, 0.2) is 0 Å². The SMILES string of the molecule is CCCn1nnc(C(F)(F)F)c1C(F)(F)F. The van der Waals surface area contributed by atoms with Gasteiger partial charge in [-0.15, -0.1) is 5.10 Å². The van der Waals surface area contributed by atoms with Crippen molar-refractivity contribution in [1.82, 2.24) is 15.0 Å². The van der Waals surface area contributed by atoms with Gasteiger partial charge in [-0.1, -0.05) is 12.1 Å². The van der Waals surface area contributed by atoms with Crippen molar-refractivity contribution in [2.75, 3.05) is 0 Å². The van der Waals surface area contributed by atoms with Crippen LogP contribution in [0.4, 0.5) is 26.3 Å². The molecule has 9 heteroatoms. The van der Waals surface area contributed by atoms with Gasteiger partial charge in [0.1, 0.15) is 0 Å². The van der Waals surface area contributed by atoms with Crippen molar-refractivity contribution in [1.29, 1.82) is 0 Å². The van der Waals surface area contributed by atoms with Gasteiger partial charge < -0.3 is 0 Å². The molecule has 0 aliphatic heterocycles. The summed E-state index contributed by atoms with van der Waals surface area (Å²) in [5.41, 5.74) is -3.84. The molecule has 92 valence electrons. The van der Waals surface area contributed by atoms with E-state index in [1.54, 1.807) is 0 Å². The van der Waals surface area contributed by atoms with Crippen LogP contribution in [-0.4, -0.2) is 15.0 Å². The van der Waals surface area contributed by atoms with Gasteiger partial charge >= 0.3 is 12.4 Å². The Hall–Kier alpha value is -1.28. The summed E-state index contributed by atoms with van der Waals surface area (Å²) < 4.78 is 74.1. The number of halogens is 6. The lowest BCUT2D eigenvalue weighted by Crippen LogP contribution is -2.20. The normalized spacial score (nSPS) is 13.2. The van der Waals surface area contributed by atoms with E-state index in [4.69, 9.17) is 0 Å². The number of alkyl halides is 6. The van der Waals surface area contributed by atoms with E-state index in [1.165, 1.54) is 6.92 Å². The predicted octanol–water partition coefficient (Wildman–Crippen LogP) is 2.73. The summed E-state index contributed by atoms with van der Waals surface area (Å²) in [6, 6.07) is 0. The molecule has 1 aromatic heterocycles. The molecule has 1 heterocycles. The summed E-state index contributed by atoms with van der Waals surface area (Å²) in [6.45, 7) is 1.26. The third kappa shape index (κ3) is 2.45. The van der Waals surface area contributed by atoms with Crippen LogP contribution in [-0.2, 0) is 18.9 Å². The van der Waals surface area contributed by atoms with Gasteiger partial charge in [-0.2, -0.15) is 26.3 Å². The smallest absolute Gasteiger partial charge is 0.240 e. The summed E-state index contributed by atoms with van der Waals surface area (Å²) >= 11 is 0. The molecular formula is C7H7F6N3. The highest BCUT2D eigenvalue weighted by Crippen LogP contribution is 2.38. The Morgan fingerprint density at radius 2 is 1.62 bits per heavy atom. The molecule has 0 spiro atoms. The molecule has 0 aromatic carbocycles. The fourth-order valence-corrected chi connectivity index (χ4v) is 1.15. The lowest BCUT2D eigenvalue weighted by atomic mass is 10.3. The van der Waals surface area contributed by atoms with Crippen molar-refractivity contribution < 1.29 is 26.3 Å². The van der Waals surface area contributed by atoms with E-state index in [1.807, 2.05) is 0 Å². The standard InChI is InChI=1S/C7H7F6N3/c1-2-3-16-5(7(11,12)13)4(14-15-16)6(8,9)10/h2-3H2,1H3. The highest BCUT2D eigenvalue weighted by atomic mass is 19.4. The molecule has 0 unspecified atom stereocenters. The number of aromatic nitrogens is 3. The van der Waals surface area contributed by atoms with E-state index in [0.29, 0.717) is 0 Å². The predicted molar refractivity (Wildman–Crippen MR) is 40.3 cm³/mol. The Bertz CT molecular complexity index is 363. The van der Waals surface area contributed by atoms with Crippen LogP contribution in [0.2, 0.25) is 0 Å². The third-order valence-electron chi connectivity index (χ3n) is 1.71. The zero-order valence-electron chi connectivity index (χ0n) is 8.02. The van der Waals surface area contributed by atoms with Gasteiger partial charge in [0, 0.05) is 6.54 Å². The van der Waals surface area contributed by atoms with Crippen molar-refractivity contribution >= 4 is 0 Å². The molecule has 3 nitrogen and oxygen atoms in total. The van der Waals surface area contributed by atoms with Crippen LogP contribution >= 0.6 is 0 Å². The van der Waals surface area contributed by atoms with Gasteiger partial charge in [-0.05, 0) is 6.42 Å². The summed E-state index contributed by atoms with van der Waals surface area (Å²) in [4.78, 5) is 0. The molecule has 0 aliphatic rings. The van der Waals surface area contributed by atoms with Crippen molar-refractivity contribution in [2.24, 2.45) is 0 Å². The van der Waals surface area contributed by atoms with Crippen molar-refractivity contribution in [3.05, 3.63) is 11.4 Å². The maximum atomic E-state index is 12.4. The van der Waals surface area contributed by atoms with Crippen molar-refractivity contribution in [3.8, 4) is 0 Å². The number of rotatable bonds is 2. The highest BCUT2D eigenvalue weighted by molar-refractivity contribution is 5.17. The average Bonchev–Trinajstić information content (AvgIpc) is 2.46. The van der Waals surface area contributed by atoms with Crippen LogP contribution in [0.25, 0.3) is 0 Å². The number of hydrogen-bond acceptors (Lipinski definition) is 2. The largest absolute Gasteiger partial charge is 0.437 e. The number of nitrogens with zero attached hydrogens (tertiary/aromatic N) is 3. The molecular weight excluding hydrogens is 240 g/mol. The molecule has 0 fully saturated rings. The Morgan fingerprint density at radius 1 is 1.06 bits per heavy atom. The maximum Gasteiger partial charge on any atom is 0.437 e. The molecule has 1 rings (SSSR count). The van der Waals surface area contributed by atoms with Gasteiger partial charge in [-0.25, -0.2) is 4.68 Å². The molecule has 0 atom stereocenters. The van der Waals surface area contributed by atoms with E-state index in [9.17, 15) is 26.3 Å². The zero-order chi connectivity index (χ0) is 12.6. The second-order valence-electron chi connectivity index (χ2n) is 3.01. The molecule has 0 N–H and O–H groups in total. The van der Waals surface area contributed by atoms with Gasteiger partial charge in [0.25, 0.3) is 0 Å². The van der Waals surface area contributed by atoms with Gasteiger partial charge in [-0.3, -0.25) is 0 Å². The lowest BCUT2D eigenvalue weighted by Gasteiger charge is -2.11. The number of hydrogen-bond donors (Lipinski definition) is 0. The molecule has 0 amide bonds. The third-order valence-corrected chi connectivity index (χ3v) is 1.71. The average molecular weight is 247 g/mol. The number of aryl methyl sites for hydroxylation is 1. The minimum Gasteiger partial charge on any atom is -0.240 e. The lowest BCUT2D eigenvalue weighted by molar-refractivity contribution is -0.167. The molecule has 0 radical (unpaired) electrons. The van der Waals surface area contributed by atoms with Crippen LogP contribution in [0.5, 0.6) is 0 Å². The summed E-state index contributed by atoms with van der Waals surface area (Å²) in [5, 5.41) is 5.41. The minimum absolute atomic E-state index is 0.225. The van der Waals surface area contributed by atoms with Crippen molar-refractivity contribution in [2.45, 2.75) is 32.2 Å². The van der Waals surface area contributed by atoms with Crippen molar-refractivity contribution in [3.63, 3.8) is 0 Å². The Morgan fingerprint density at radius 3 is 2.00 bits per heavy atom. The molecule has 0 saturated heterocycles. The van der Waals surface area contributed by atoms with Crippen LogP contribution in [0.1, 0.15) is 24.7 Å². The van der Waals surface area contributed by atoms with Crippen LogP contribution in [0, 0.1) is 0 Å². The first-order chi connectivity index (χ1) is 7.18. The fourth-order valence-electron chi connectivity index (χ4n) is 1.15. The molecule has 0 aliphatic carbocycles. The molecule has 1 aromatic rings. The maximum absolute atomic E-state index is 12.4. The molecule has 0 bridgehead atoms. The minimum atomic E-state index is -5.16.